The van der Waals surface area contributed by atoms with Crippen LogP contribution < -0.4 is 21.7 Å². The normalized spacial score (nSPS) is 17.1. The molecule has 0 aliphatic heterocycles. The van der Waals surface area contributed by atoms with Crippen molar-refractivity contribution < 1.29 is 24.3 Å². The lowest BCUT2D eigenvalue weighted by molar-refractivity contribution is -0.144. The van der Waals surface area contributed by atoms with Gasteiger partial charge < -0.3 is 26.8 Å². The Kier molecular flexibility index (Phi) is 13.5. The van der Waals surface area contributed by atoms with E-state index in [1.54, 1.807) is 6.92 Å². The van der Waals surface area contributed by atoms with E-state index in [4.69, 9.17) is 5.73 Å². The van der Waals surface area contributed by atoms with Gasteiger partial charge in [-0.15, -0.1) is 0 Å². The molecule has 180 valence electrons. The lowest BCUT2D eigenvalue weighted by atomic mass is 9.95. The van der Waals surface area contributed by atoms with Crippen LogP contribution in [0.5, 0.6) is 0 Å². The third-order valence-corrected chi connectivity index (χ3v) is 5.84. The van der Waals surface area contributed by atoms with Gasteiger partial charge in [0.2, 0.25) is 17.7 Å². The van der Waals surface area contributed by atoms with Crippen LogP contribution in [0.3, 0.4) is 0 Å². The number of thiol groups is 1. The van der Waals surface area contributed by atoms with Gasteiger partial charge in [-0.1, -0.05) is 54.4 Å². The number of rotatable bonds is 14. The average molecular weight is 461 g/mol. The van der Waals surface area contributed by atoms with Crippen LogP contribution in [-0.2, 0) is 19.2 Å². The van der Waals surface area contributed by atoms with Crippen LogP contribution >= 0.6 is 12.6 Å². The van der Waals surface area contributed by atoms with E-state index in [1.807, 2.05) is 34.6 Å². The topological polar surface area (TPSA) is 151 Å². The molecule has 0 aromatic rings. The number of hydrogen-bond donors (Lipinski definition) is 6. The average Bonchev–Trinajstić information content (AvgIpc) is 2.72. The van der Waals surface area contributed by atoms with E-state index in [1.165, 1.54) is 0 Å². The molecular formula is C21H40N4O5S. The van der Waals surface area contributed by atoms with Gasteiger partial charge in [0.1, 0.15) is 18.1 Å². The highest BCUT2D eigenvalue weighted by atomic mass is 32.1. The second kappa shape index (κ2) is 14.3. The van der Waals surface area contributed by atoms with E-state index in [-0.39, 0.29) is 23.5 Å². The predicted octanol–water partition coefficient (Wildman–Crippen LogP) is 0.921. The Morgan fingerprint density at radius 3 is 1.74 bits per heavy atom. The number of carbonyl (C=O) groups is 4. The second-order valence-electron chi connectivity index (χ2n) is 8.56. The van der Waals surface area contributed by atoms with Gasteiger partial charge in [0.25, 0.3) is 0 Å². The fourth-order valence-electron chi connectivity index (χ4n) is 2.95. The largest absolute Gasteiger partial charge is 0.480 e. The molecule has 6 unspecified atom stereocenters. The fourth-order valence-corrected chi connectivity index (χ4v) is 3.11. The highest BCUT2D eigenvalue weighted by Crippen LogP contribution is 2.13. The highest BCUT2D eigenvalue weighted by molar-refractivity contribution is 7.80. The van der Waals surface area contributed by atoms with Crippen molar-refractivity contribution in [2.24, 2.45) is 23.5 Å². The number of nitrogens with two attached hydrogens (primary N) is 1. The molecule has 0 aliphatic rings. The van der Waals surface area contributed by atoms with Crippen LogP contribution in [0.2, 0.25) is 0 Å². The van der Waals surface area contributed by atoms with Gasteiger partial charge in [0.05, 0.1) is 6.04 Å². The Morgan fingerprint density at radius 1 is 0.839 bits per heavy atom. The third kappa shape index (κ3) is 9.90. The maximum atomic E-state index is 13.0. The van der Waals surface area contributed by atoms with Gasteiger partial charge in [-0.25, -0.2) is 4.79 Å². The maximum Gasteiger partial charge on any atom is 0.326 e. The van der Waals surface area contributed by atoms with Crippen molar-refractivity contribution in [1.82, 2.24) is 16.0 Å². The van der Waals surface area contributed by atoms with E-state index in [2.05, 4.69) is 28.6 Å². The van der Waals surface area contributed by atoms with Gasteiger partial charge in [-0.2, -0.15) is 12.6 Å². The molecule has 6 atom stereocenters. The molecule has 0 aromatic carbocycles. The molecular weight excluding hydrogens is 420 g/mol. The van der Waals surface area contributed by atoms with Crippen molar-refractivity contribution in [1.29, 1.82) is 0 Å². The Labute approximate surface area is 191 Å². The number of carbonyl (C=O) groups excluding carboxylic acids is 3. The lowest BCUT2D eigenvalue weighted by Crippen LogP contribution is -2.59. The van der Waals surface area contributed by atoms with E-state index < -0.39 is 47.9 Å². The van der Waals surface area contributed by atoms with Crippen LogP contribution in [0, 0.1) is 17.8 Å². The Morgan fingerprint density at radius 2 is 1.32 bits per heavy atom. The molecule has 6 N–H and O–H groups in total. The van der Waals surface area contributed by atoms with Gasteiger partial charge >= 0.3 is 5.97 Å². The van der Waals surface area contributed by atoms with Crippen LogP contribution in [0.1, 0.15) is 60.8 Å². The van der Waals surface area contributed by atoms with Crippen LogP contribution in [-0.4, -0.2) is 58.7 Å². The molecule has 0 saturated heterocycles. The molecule has 0 bridgehead atoms. The molecule has 31 heavy (non-hydrogen) atoms. The SMILES string of the molecule is CCC(C)C(NC(=O)C(CC(C)C)NC(=O)C(NC(=O)C(N)CS)C(C)CC)C(=O)O. The Hall–Kier alpha value is -1.81. The molecule has 0 radical (unpaired) electrons. The number of hydrogen-bond acceptors (Lipinski definition) is 6. The first-order chi connectivity index (χ1) is 14.4. The summed E-state index contributed by atoms with van der Waals surface area (Å²) in [6.07, 6.45) is 1.51. The van der Waals surface area contributed by atoms with Crippen LogP contribution in [0.15, 0.2) is 0 Å². The fraction of sp³-hybridized carbons (Fsp3) is 0.810. The summed E-state index contributed by atoms with van der Waals surface area (Å²) in [5.74, 6) is -2.97. The molecule has 10 heteroatoms. The molecule has 0 spiro atoms. The van der Waals surface area contributed by atoms with Crippen LogP contribution in [0.4, 0.5) is 0 Å². The van der Waals surface area contributed by atoms with Gasteiger partial charge in [0, 0.05) is 5.75 Å². The van der Waals surface area contributed by atoms with Gasteiger partial charge in [-0.05, 0) is 24.2 Å². The first kappa shape index (κ1) is 29.2. The summed E-state index contributed by atoms with van der Waals surface area (Å²) >= 11 is 4.01. The van der Waals surface area contributed by atoms with E-state index >= 15 is 0 Å². The predicted molar refractivity (Wildman–Crippen MR) is 124 cm³/mol. The van der Waals surface area contributed by atoms with Crippen LogP contribution in [0.25, 0.3) is 0 Å². The smallest absolute Gasteiger partial charge is 0.326 e. The minimum Gasteiger partial charge on any atom is -0.480 e. The summed E-state index contributed by atoms with van der Waals surface area (Å²) in [5.41, 5.74) is 5.71. The Balaban J connectivity index is 5.57. The van der Waals surface area contributed by atoms with Crippen molar-refractivity contribution in [2.75, 3.05) is 5.75 Å². The summed E-state index contributed by atoms with van der Waals surface area (Å²) < 4.78 is 0. The van der Waals surface area contributed by atoms with Gasteiger partial charge in [-0.3, -0.25) is 14.4 Å². The van der Waals surface area contributed by atoms with Gasteiger partial charge in [0.15, 0.2) is 0 Å². The van der Waals surface area contributed by atoms with Crippen molar-refractivity contribution in [3.05, 3.63) is 0 Å². The second-order valence-corrected chi connectivity index (χ2v) is 8.93. The standard InChI is InChI=1S/C21H40N4O5S/c1-7-12(5)16(24-18(26)14(22)10-31)20(28)23-15(9-11(3)4)19(27)25-17(21(29)30)13(6)8-2/h11-17,31H,7-10,22H2,1-6H3,(H,23,28)(H,24,26)(H,25,27)(H,29,30). The van der Waals surface area contributed by atoms with Crippen molar-refractivity contribution in [3.8, 4) is 0 Å². The summed E-state index contributed by atoms with van der Waals surface area (Å²) in [6, 6.07) is -3.72. The first-order valence-electron chi connectivity index (χ1n) is 10.9. The molecule has 9 nitrogen and oxygen atoms in total. The minimum atomic E-state index is -1.12. The number of amides is 3. The van der Waals surface area contributed by atoms with Crippen molar-refractivity contribution >= 4 is 36.3 Å². The number of carboxylic acid groups (broad SMARTS) is 1. The zero-order chi connectivity index (χ0) is 24.3. The molecule has 3 amide bonds. The highest BCUT2D eigenvalue weighted by Gasteiger charge is 2.33. The number of carboxylic acids is 1. The molecule has 0 aromatic heterocycles. The summed E-state index contributed by atoms with van der Waals surface area (Å²) in [7, 11) is 0. The van der Waals surface area contributed by atoms with E-state index in [0.29, 0.717) is 19.3 Å². The lowest BCUT2D eigenvalue weighted by Gasteiger charge is -2.29. The number of nitrogens with one attached hydrogen (secondary N) is 3. The molecule has 0 aliphatic carbocycles. The van der Waals surface area contributed by atoms with Crippen molar-refractivity contribution in [2.45, 2.75) is 85.0 Å². The zero-order valence-electron chi connectivity index (χ0n) is 19.5. The molecule has 0 rings (SSSR count). The third-order valence-electron chi connectivity index (χ3n) is 5.44. The zero-order valence-corrected chi connectivity index (χ0v) is 20.4. The summed E-state index contributed by atoms with van der Waals surface area (Å²) in [6.45, 7) is 11.1. The molecule has 0 fully saturated rings. The quantitative estimate of drug-likeness (QED) is 0.212. The van der Waals surface area contributed by atoms with Crippen molar-refractivity contribution in [3.63, 3.8) is 0 Å². The summed E-state index contributed by atoms with van der Waals surface area (Å²) in [5, 5.41) is 17.4. The Bertz CT molecular complexity index is 617. The first-order valence-corrected chi connectivity index (χ1v) is 11.5. The minimum absolute atomic E-state index is 0.0668. The maximum absolute atomic E-state index is 13.0. The molecule has 0 saturated carbocycles. The monoisotopic (exact) mass is 460 g/mol. The number of aliphatic carboxylic acids is 1. The summed E-state index contributed by atoms with van der Waals surface area (Å²) in [4.78, 5) is 49.7. The molecule has 0 heterocycles. The van der Waals surface area contributed by atoms with E-state index in [0.717, 1.165) is 0 Å². The van der Waals surface area contributed by atoms with E-state index in [9.17, 15) is 24.3 Å².